The van der Waals surface area contributed by atoms with Gasteiger partial charge in [-0.05, 0) is 77.0 Å². The molecule has 0 radical (unpaired) electrons. The number of aromatic nitrogens is 3. The lowest BCUT2D eigenvalue weighted by Gasteiger charge is -2.27. The molecule has 1 aromatic rings. The van der Waals surface area contributed by atoms with Crippen LogP contribution in [-0.4, -0.2) is 69.3 Å². The average Bonchev–Trinajstić information content (AvgIpc) is 2.80. The fourth-order valence-electron chi connectivity index (χ4n) is 3.33. The van der Waals surface area contributed by atoms with E-state index in [2.05, 4.69) is 93.2 Å². The number of nitrogens with zero attached hydrogens (tertiary/aromatic N) is 3. The minimum absolute atomic E-state index is 0.0372. The summed E-state index contributed by atoms with van der Waals surface area (Å²) in [6, 6.07) is 0. The number of carbonyl (C=O) groups is 3. The van der Waals surface area contributed by atoms with E-state index in [-0.39, 0.29) is 34.1 Å². The molecule has 0 aliphatic carbocycles. The van der Waals surface area contributed by atoms with Crippen molar-refractivity contribution in [3.63, 3.8) is 0 Å². The summed E-state index contributed by atoms with van der Waals surface area (Å²) in [5.74, 6) is -2.04. The molecule has 1 heterocycles. The molecule has 1 rings (SSSR count). The second-order valence-corrected chi connectivity index (χ2v) is 16.7. The maximum absolute atomic E-state index is 13.2. The van der Waals surface area contributed by atoms with Crippen LogP contribution >= 0.6 is 0 Å². The molecule has 0 saturated heterocycles. The van der Waals surface area contributed by atoms with Crippen molar-refractivity contribution in [1.29, 1.82) is 0 Å². The van der Waals surface area contributed by atoms with Crippen LogP contribution in [0.3, 0.4) is 0 Å². The number of hydrogen-bond acceptors (Lipinski definition) is 9. The fourth-order valence-corrected chi connectivity index (χ4v) is 3.33. The topological polar surface area (TPSA) is 154 Å². The van der Waals surface area contributed by atoms with E-state index in [1.54, 1.807) is 41.5 Å². The van der Waals surface area contributed by atoms with E-state index in [9.17, 15) is 14.4 Å². The predicted octanol–water partition coefficient (Wildman–Crippen LogP) is 6.38. The Bertz CT molecular complexity index is 1000. The van der Waals surface area contributed by atoms with Gasteiger partial charge in [-0.3, -0.25) is 30.3 Å². The summed E-state index contributed by atoms with van der Waals surface area (Å²) >= 11 is 0. The first-order chi connectivity index (χ1) is 20.1. The van der Waals surface area contributed by atoms with Gasteiger partial charge in [0, 0.05) is 19.8 Å². The Morgan fingerprint density at radius 3 is 0.822 bits per heavy atom. The molecular weight excluding hydrogens is 576 g/mol. The first-order valence-corrected chi connectivity index (χ1v) is 15.7. The summed E-state index contributed by atoms with van der Waals surface area (Å²) in [6.45, 7) is 29.8. The molecule has 1 aromatic heterocycles. The lowest BCUT2D eigenvalue weighted by Crippen LogP contribution is -2.42. The van der Waals surface area contributed by atoms with E-state index in [4.69, 9.17) is 14.2 Å². The quantitative estimate of drug-likeness (QED) is 0.199. The molecule has 0 aliphatic heterocycles. The van der Waals surface area contributed by atoms with Crippen molar-refractivity contribution in [3.05, 3.63) is 0 Å². The standard InChI is InChI=1S/C33H60N6O6/c1-28(2,3)16-19-43-31(10,11)22(40)34-25-37-26(35-23(41)32(12,13)44-20-17-29(4,5)6)39-27(38-25)36-24(42)33(14,15)45-21-18-30(7,8)9/h16-21H2,1-15H3,(H3,34,35,36,37,38,39,40,41,42). The summed E-state index contributed by atoms with van der Waals surface area (Å²) < 4.78 is 17.7. The number of carbonyl (C=O) groups excluding carboxylic acids is 3. The zero-order chi connectivity index (χ0) is 35.1. The van der Waals surface area contributed by atoms with Gasteiger partial charge >= 0.3 is 0 Å². The lowest BCUT2D eigenvalue weighted by molar-refractivity contribution is -0.138. The Morgan fingerprint density at radius 2 is 0.644 bits per heavy atom. The summed E-state index contributed by atoms with van der Waals surface area (Å²) in [5, 5.41) is 7.94. The molecule has 0 aromatic carbocycles. The number of rotatable bonds is 15. The van der Waals surface area contributed by atoms with E-state index in [1.165, 1.54) is 0 Å². The fraction of sp³-hybridized carbons (Fsp3) is 0.818. The Kier molecular flexibility index (Phi) is 13.7. The average molecular weight is 637 g/mol. The molecule has 0 unspecified atom stereocenters. The van der Waals surface area contributed by atoms with Crippen LogP contribution in [-0.2, 0) is 28.6 Å². The van der Waals surface area contributed by atoms with E-state index < -0.39 is 34.5 Å². The van der Waals surface area contributed by atoms with Gasteiger partial charge in [0.05, 0.1) is 0 Å². The van der Waals surface area contributed by atoms with E-state index in [1.807, 2.05) is 0 Å². The van der Waals surface area contributed by atoms with Crippen LogP contribution in [0.2, 0.25) is 0 Å². The van der Waals surface area contributed by atoms with E-state index in [0.29, 0.717) is 19.8 Å². The Balaban J connectivity index is 3.25. The molecule has 12 heteroatoms. The predicted molar refractivity (Wildman–Crippen MR) is 178 cm³/mol. The molecule has 3 N–H and O–H groups in total. The van der Waals surface area contributed by atoms with E-state index in [0.717, 1.165) is 19.3 Å². The minimum atomic E-state index is -1.21. The summed E-state index contributed by atoms with van der Waals surface area (Å²) in [6.07, 6.45) is 2.26. The van der Waals surface area contributed by atoms with Crippen molar-refractivity contribution in [1.82, 2.24) is 15.0 Å². The largest absolute Gasteiger partial charge is 0.366 e. The minimum Gasteiger partial charge on any atom is -0.366 e. The van der Waals surface area contributed by atoms with Gasteiger partial charge in [0.15, 0.2) is 0 Å². The molecule has 45 heavy (non-hydrogen) atoms. The molecule has 0 atom stereocenters. The molecule has 0 saturated carbocycles. The first-order valence-electron chi connectivity index (χ1n) is 15.7. The normalized spacial score (nSPS) is 13.4. The Morgan fingerprint density at radius 1 is 0.444 bits per heavy atom. The number of ether oxygens (including phenoxy) is 3. The van der Waals surface area contributed by atoms with Crippen LogP contribution in [0.1, 0.15) is 123 Å². The zero-order valence-electron chi connectivity index (χ0n) is 30.5. The second-order valence-electron chi connectivity index (χ2n) is 16.7. The maximum Gasteiger partial charge on any atom is 0.258 e. The van der Waals surface area contributed by atoms with Crippen molar-refractivity contribution in [2.45, 2.75) is 140 Å². The monoisotopic (exact) mass is 636 g/mol. The summed E-state index contributed by atoms with van der Waals surface area (Å²) in [7, 11) is 0. The highest BCUT2D eigenvalue weighted by molar-refractivity contribution is 5.98. The molecule has 0 spiro atoms. The third kappa shape index (κ3) is 15.9. The number of nitrogens with one attached hydrogen (secondary N) is 3. The van der Waals surface area contributed by atoms with Gasteiger partial charge in [-0.25, -0.2) is 0 Å². The third-order valence-corrected chi connectivity index (χ3v) is 6.90. The second kappa shape index (κ2) is 15.3. The summed E-state index contributed by atoms with van der Waals surface area (Å²) in [4.78, 5) is 52.4. The molecule has 12 nitrogen and oxygen atoms in total. The van der Waals surface area contributed by atoms with Crippen LogP contribution in [0, 0.1) is 16.2 Å². The van der Waals surface area contributed by atoms with Gasteiger partial charge < -0.3 is 14.2 Å². The van der Waals surface area contributed by atoms with Crippen LogP contribution in [0.4, 0.5) is 17.8 Å². The van der Waals surface area contributed by atoms with Crippen LogP contribution in [0.25, 0.3) is 0 Å². The smallest absolute Gasteiger partial charge is 0.258 e. The molecule has 258 valence electrons. The SMILES string of the molecule is CC(C)(C)CCOC(C)(C)C(=O)Nc1nc(NC(=O)C(C)(C)OCCC(C)(C)C)nc(NC(=O)C(C)(C)OCCC(C)(C)C)n1. The van der Waals surface area contributed by atoms with E-state index >= 15 is 0 Å². The molecular formula is C33H60N6O6. The highest BCUT2D eigenvalue weighted by Crippen LogP contribution is 2.24. The van der Waals surface area contributed by atoms with Crippen LogP contribution < -0.4 is 16.0 Å². The van der Waals surface area contributed by atoms with Gasteiger partial charge in [0.25, 0.3) is 17.7 Å². The zero-order valence-corrected chi connectivity index (χ0v) is 30.5. The lowest BCUT2D eigenvalue weighted by atomic mass is 9.93. The molecule has 0 aliphatic rings. The highest BCUT2D eigenvalue weighted by atomic mass is 16.5. The van der Waals surface area contributed by atoms with Crippen LogP contribution in [0.5, 0.6) is 0 Å². The van der Waals surface area contributed by atoms with Crippen molar-refractivity contribution in [2.75, 3.05) is 35.8 Å². The molecule has 0 bridgehead atoms. The Labute approximate surface area is 271 Å². The number of hydrogen-bond donors (Lipinski definition) is 3. The molecule has 3 amide bonds. The highest BCUT2D eigenvalue weighted by Gasteiger charge is 2.34. The van der Waals surface area contributed by atoms with Crippen molar-refractivity contribution < 1.29 is 28.6 Å². The van der Waals surface area contributed by atoms with Crippen molar-refractivity contribution in [2.24, 2.45) is 16.2 Å². The number of amides is 3. The van der Waals surface area contributed by atoms with Crippen molar-refractivity contribution in [3.8, 4) is 0 Å². The first kappa shape index (κ1) is 40.3. The van der Waals surface area contributed by atoms with Gasteiger partial charge in [-0.15, -0.1) is 0 Å². The number of anilines is 3. The molecule has 0 fully saturated rings. The maximum atomic E-state index is 13.2. The van der Waals surface area contributed by atoms with Crippen LogP contribution in [0.15, 0.2) is 0 Å². The van der Waals surface area contributed by atoms with Crippen molar-refractivity contribution >= 4 is 35.6 Å². The summed E-state index contributed by atoms with van der Waals surface area (Å²) in [5.41, 5.74) is -3.52. The van der Waals surface area contributed by atoms with Gasteiger partial charge in [0.2, 0.25) is 17.8 Å². The van der Waals surface area contributed by atoms with Gasteiger partial charge in [-0.2, -0.15) is 15.0 Å². The third-order valence-electron chi connectivity index (χ3n) is 6.90. The Hall–Kier alpha value is -2.70. The van der Waals surface area contributed by atoms with Gasteiger partial charge in [-0.1, -0.05) is 62.3 Å². The van der Waals surface area contributed by atoms with Gasteiger partial charge in [0.1, 0.15) is 16.8 Å².